The summed E-state index contributed by atoms with van der Waals surface area (Å²) in [6.45, 7) is 2.39. The second-order valence-electron chi connectivity index (χ2n) is 9.42. The molecule has 0 radical (unpaired) electrons. The van der Waals surface area contributed by atoms with Crippen molar-refractivity contribution in [2.75, 3.05) is 19.7 Å². The third kappa shape index (κ3) is 3.75. The molecule has 1 unspecified atom stereocenters. The summed E-state index contributed by atoms with van der Waals surface area (Å²) < 4.78 is 5.62. The molecule has 2 amide bonds. The van der Waals surface area contributed by atoms with Crippen LogP contribution in [0, 0.1) is 11.3 Å². The van der Waals surface area contributed by atoms with E-state index >= 15 is 0 Å². The van der Waals surface area contributed by atoms with Crippen LogP contribution in [0.5, 0.6) is 0 Å². The lowest BCUT2D eigenvalue weighted by Crippen LogP contribution is -2.65. The lowest BCUT2D eigenvalue weighted by molar-refractivity contribution is -0.167. The molecule has 0 spiro atoms. The lowest BCUT2D eigenvalue weighted by atomic mass is 9.77. The highest BCUT2D eigenvalue weighted by Gasteiger charge is 2.52. The first-order chi connectivity index (χ1) is 15.9. The molecule has 172 valence electrons. The van der Waals surface area contributed by atoms with Gasteiger partial charge >= 0.3 is 12.1 Å². The average molecular weight is 449 g/mol. The topological polar surface area (TPSA) is 95.9 Å². The van der Waals surface area contributed by atoms with Gasteiger partial charge in [-0.3, -0.25) is 9.59 Å². The molecule has 2 aromatic rings. The largest absolute Gasteiger partial charge is 0.481 e. The van der Waals surface area contributed by atoms with E-state index in [0.29, 0.717) is 6.42 Å². The fourth-order valence-electron chi connectivity index (χ4n) is 5.12. The van der Waals surface area contributed by atoms with E-state index in [1.165, 1.54) is 0 Å². The number of alkyl carbamates (subject to hydrolysis) is 1. The first-order valence-electron chi connectivity index (χ1n) is 11.6. The Hall–Kier alpha value is -3.35. The van der Waals surface area contributed by atoms with Crippen LogP contribution in [0.1, 0.15) is 43.2 Å². The Balaban J connectivity index is 1.23. The molecular formula is C26H28N2O5. The van der Waals surface area contributed by atoms with Gasteiger partial charge < -0.3 is 20.1 Å². The molecule has 7 heteroatoms. The second-order valence-corrected chi connectivity index (χ2v) is 9.42. The molecule has 2 aliphatic carbocycles. The molecular weight excluding hydrogens is 420 g/mol. The molecule has 2 N–H and O–H groups in total. The van der Waals surface area contributed by atoms with Gasteiger partial charge in [-0.1, -0.05) is 55.5 Å². The van der Waals surface area contributed by atoms with Gasteiger partial charge in [-0.25, -0.2) is 4.79 Å². The number of rotatable bonds is 7. The number of amides is 2. The number of nitrogens with zero attached hydrogens (tertiary/aromatic N) is 1. The highest BCUT2D eigenvalue weighted by Crippen LogP contribution is 2.44. The first-order valence-corrected chi connectivity index (χ1v) is 11.6. The summed E-state index contributed by atoms with van der Waals surface area (Å²) in [7, 11) is 0. The minimum absolute atomic E-state index is 0.0469. The highest BCUT2D eigenvalue weighted by atomic mass is 16.5. The van der Waals surface area contributed by atoms with E-state index in [4.69, 9.17) is 4.74 Å². The molecule has 1 aliphatic heterocycles. The van der Waals surface area contributed by atoms with Crippen molar-refractivity contribution >= 4 is 18.0 Å². The maximum absolute atomic E-state index is 13.0. The molecule has 1 saturated carbocycles. The fourth-order valence-corrected chi connectivity index (χ4v) is 5.12. The van der Waals surface area contributed by atoms with E-state index in [2.05, 4.69) is 29.6 Å². The zero-order valence-electron chi connectivity index (χ0n) is 18.6. The maximum Gasteiger partial charge on any atom is 0.407 e. The number of nitrogens with one attached hydrogen (secondary N) is 1. The summed E-state index contributed by atoms with van der Waals surface area (Å²) in [5, 5.41) is 12.2. The predicted octanol–water partition coefficient (Wildman–Crippen LogP) is 3.63. The molecule has 0 aromatic heterocycles. The summed E-state index contributed by atoms with van der Waals surface area (Å²) in [6.07, 6.45) is 1.60. The molecule has 1 heterocycles. The Morgan fingerprint density at radius 1 is 1.06 bits per heavy atom. The summed E-state index contributed by atoms with van der Waals surface area (Å²) in [6, 6.07) is 15.6. The summed E-state index contributed by atoms with van der Waals surface area (Å²) in [5.74, 6) is -1.05. The molecule has 1 saturated heterocycles. The SMILES string of the molecule is CCC1(C(=O)O)CN(C(=O)C(NC(=O)OCC2c3ccccc3-c3ccccc32)C2CC2)C1. The third-order valence-electron chi connectivity index (χ3n) is 7.41. The number of hydrogen-bond acceptors (Lipinski definition) is 4. The Bertz CT molecular complexity index is 1060. The van der Waals surface area contributed by atoms with Gasteiger partial charge in [0.25, 0.3) is 0 Å². The minimum atomic E-state index is -0.874. The van der Waals surface area contributed by atoms with Crippen LogP contribution in [0.4, 0.5) is 4.79 Å². The van der Waals surface area contributed by atoms with Crippen molar-refractivity contribution in [3.05, 3.63) is 59.7 Å². The zero-order valence-corrected chi connectivity index (χ0v) is 18.6. The summed E-state index contributed by atoms with van der Waals surface area (Å²) in [5.41, 5.74) is 3.71. The van der Waals surface area contributed by atoms with Gasteiger partial charge in [-0.2, -0.15) is 0 Å². The Morgan fingerprint density at radius 2 is 1.64 bits per heavy atom. The van der Waals surface area contributed by atoms with Crippen LogP contribution in [0.25, 0.3) is 11.1 Å². The summed E-state index contributed by atoms with van der Waals surface area (Å²) in [4.78, 5) is 38.8. The highest BCUT2D eigenvalue weighted by molar-refractivity contribution is 5.89. The van der Waals surface area contributed by atoms with E-state index in [1.807, 2.05) is 31.2 Å². The number of fused-ring (bicyclic) bond motifs is 3. The van der Waals surface area contributed by atoms with Crippen molar-refractivity contribution in [2.24, 2.45) is 11.3 Å². The molecule has 5 rings (SSSR count). The smallest absolute Gasteiger partial charge is 0.407 e. The van der Waals surface area contributed by atoms with Crippen LogP contribution in [-0.2, 0) is 14.3 Å². The number of ether oxygens (including phenoxy) is 1. The monoisotopic (exact) mass is 448 g/mol. The summed E-state index contributed by atoms with van der Waals surface area (Å²) >= 11 is 0. The van der Waals surface area contributed by atoms with E-state index in [-0.39, 0.29) is 37.4 Å². The van der Waals surface area contributed by atoms with Gasteiger partial charge in [-0.15, -0.1) is 0 Å². The number of carboxylic acid groups (broad SMARTS) is 1. The molecule has 2 aromatic carbocycles. The number of carbonyl (C=O) groups is 3. The maximum atomic E-state index is 13.0. The van der Waals surface area contributed by atoms with E-state index < -0.39 is 23.5 Å². The fraction of sp³-hybridized carbons (Fsp3) is 0.423. The molecule has 33 heavy (non-hydrogen) atoms. The Morgan fingerprint density at radius 3 is 2.15 bits per heavy atom. The Kier molecular flexibility index (Phi) is 5.35. The lowest BCUT2D eigenvalue weighted by Gasteiger charge is -2.47. The van der Waals surface area contributed by atoms with Crippen molar-refractivity contribution in [2.45, 2.75) is 38.1 Å². The van der Waals surface area contributed by atoms with Crippen molar-refractivity contribution in [1.82, 2.24) is 10.2 Å². The van der Waals surface area contributed by atoms with Crippen LogP contribution in [0.3, 0.4) is 0 Å². The van der Waals surface area contributed by atoms with Crippen molar-refractivity contribution < 1.29 is 24.2 Å². The standard InChI is InChI=1S/C26H28N2O5/c1-2-26(24(30)31)14-28(15-26)23(29)22(16-11-12-16)27-25(32)33-13-21-19-9-5-3-7-17(19)18-8-4-6-10-20(18)21/h3-10,16,21-22H,2,11-15H2,1H3,(H,27,32)(H,30,31). The number of aliphatic carboxylic acids is 1. The number of carbonyl (C=O) groups excluding carboxylic acids is 2. The van der Waals surface area contributed by atoms with Crippen molar-refractivity contribution in [3.63, 3.8) is 0 Å². The van der Waals surface area contributed by atoms with Gasteiger partial charge in [0.05, 0.1) is 0 Å². The van der Waals surface area contributed by atoms with Gasteiger partial charge in [0.15, 0.2) is 0 Å². The van der Waals surface area contributed by atoms with Crippen molar-refractivity contribution in [3.8, 4) is 11.1 Å². The van der Waals surface area contributed by atoms with Crippen LogP contribution >= 0.6 is 0 Å². The third-order valence-corrected chi connectivity index (χ3v) is 7.41. The van der Waals surface area contributed by atoms with E-state index in [1.54, 1.807) is 4.90 Å². The Labute approximate surface area is 192 Å². The van der Waals surface area contributed by atoms with Crippen LogP contribution in [-0.4, -0.2) is 53.7 Å². The average Bonchev–Trinajstić information content (AvgIpc) is 3.58. The number of hydrogen-bond donors (Lipinski definition) is 2. The van der Waals surface area contributed by atoms with E-state index in [0.717, 1.165) is 35.1 Å². The van der Waals surface area contributed by atoms with Crippen molar-refractivity contribution in [1.29, 1.82) is 0 Å². The quantitative estimate of drug-likeness (QED) is 0.674. The first kappa shape index (κ1) is 21.5. The minimum Gasteiger partial charge on any atom is -0.481 e. The van der Waals surface area contributed by atoms with Gasteiger partial charge in [0.2, 0.25) is 5.91 Å². The predicted molar refractivity (Wildman–Crippen MR) is 122 cm³/mol. The number of likely N-dealkylation sites (tertiary alicyclic amines) is 1. The van der Waals surface area contributed by atoms with Gasteiger partial charge in [0, 0.05) is 19.0 Å². The molecule has 7 nitrogen and oxygen atoms in total. The molecule has 1 atom stereocenters. The molecule has 3 aliphatic rings. The van der Waals surface area contributed by atoms with E-state index in [9.17, 15) is 19.5 Å². The molecule has 2 fully saturated rings. The molecule has 0 bridgehead atoms. The van der Waals surface area contributed by atoms with Gasteiger partial charge in [-0.05, 0) is 47.4 Å². The van der Waals surface area contributed by atoms with Crippen LogP contribution in [0.2, 0.25) is 0 Å². The van der Waals surface area contributed by atoms with Gasteiger partial charge in [0.1, 0.15) is 18.1 Å². The number of benzene rings is 2. The normalized spacial score (nSPS) is 19.1. The number of carboxylic acids is 1. The zero-order chi connectivity index (χ0) is 23.2. The second kappa shape index (κ2) is 8.21. The van der Waals surface area contributed by atoms with Crippen LogP contribution in [0.15, 0.2) is 48.5 Å². The van der Waals surface area contributed by atoms with Crippen LogP contribution < -0.4 is 5.32 Å².